The van der Waals surface area contributed by atoms with E-state index < -0.39 is 16.1 Å². The van der Waals surface area contributed by atoms with E-state index in [9.17, 15) is 13.5 Å². The third-order valence-electron chi connectivity index (χ3n) is 3.03. The number of hydrogen-bond donors (Lipinski definition) is 2. The first-order chi connectivity index (χ1) is 8.40. The van der Waals surface area contributed by atoms with Gasteiger partial charge in [-0.25, -0.2) is 13.1 Å². The Kier molecular flexibility index (Phi) is 5.78. The van der Waals surface area contributed by atoms with E-state index >= 15 is 0 Å². The Balaban J connectivity index is 2.65. The van der Waals surface area contributed by atoms with Gasteiger partial charge in [0.05, 0.1) is 6.10 Å². The van der Waals surface area contributed by atoms with Gasteiger partial charge in [0.25, 0.3) is 0 Å². The summed E-state index contributed by atoms with van der Waals surface area (Å²) in [5, 5.41) is 9.76. The van der Waals surface area contributed by atoms with E-state index in [1.54, 1.807) is 6.07 Å². The van der Waals surface area contributed by atoms with Gasteiger partial charge in [0.1, 0.15) is 4.21 Å². The van der Waals surface area contributed by atoms with Crippen LogP contribution in [0.25, 0.3) is 0 Å². The highest BCUT2D eigenvalue weighted by atomic mass is 32.2. The number of thiophene rings is 1. The zero-order valence-corrected chi connectivity index (χ0v) is 12.6. The highest BCUT2D eigenvalue weighted by Crippen LogP contribution is 2.21. The van der Waals surface area contributed by atoms with Gasteiger partial charge < -0.3 is 5.11 Å². The molecule has 4 nitrogen and oxygen atoms in total. The summed E-state index contributed by atoms with van der Waals surface area (Å²) in [6.45, 7) is 5.92. The molecule has 0 aromatic carbocycles. The van der Waals surface area contributed by atoms with Crippen molar-refractivity contribution in [3.05, 3.63) is 17.0 Å². The molecule has 2 atom stereocenters. The van der Waals surface area contributed by atoms with Crippen LogP contribution in [0.3, 0.4) is 0 Å². The predicted octanol–water partition coefficient (Wildman–Crippen LogP) is 2.00. The fourth-order valence-corrected chi connectivity index (χ4v) is 3.82. The summed E-state index contributed by atoms with van der Waals surface area (Å²) in [7, 11) is -3.48. The van der Waals surface area contributed by atoms with Crippen LogP contribution in [0.4, 0.5) is 0 Å². The Morgan fingerprint density at radius 1 is 1.39 bits per heavy atom. The van der Waals surface area contributed by atoms with E-state index in [0.717, 1.165) is 17.7 Å². The SMILES string of the molecule is CCc1ccc(S(=O)(=O)NCC(O)C(C)CC)s1. The number of hydrogen-bond acceptors (Lipinski definition) is 4. The minimum Gasteiger partial charge on any atom is -0.391 e. The first kappa shape index (κ1) is 15.6. The lowest BCUT2D eigenvalue weighted by molar-refractivity contribution is 0.118. The lowest BCUT2D eigenvalue weighted by Crippen LogP contribution is -2.35. The molecule has 2 N–H and O–H groups in total. The van der Waals surface area contributed by atoms with Crippen LogP contribution in [0, 0.1) is 5.92 Å². The Bertz CT molecular complexity index is 467. The van der Waals surface area contributed by atoms with E-state index in [1.165, 1.54) is 11.3 Å². The summed E-state index contributed by atoms with van der Waals surface area (Å²) in [5.41, 5.74) is 0. The minimum atomic E-state index is -3.48. The molecule has 1 heterocycles. The second-order valence-corrected chi connectivity index (χ2v) is 7.54. The van der Waals surface area contributed by atoms with Crippen molar-refractivity contribution in [3.63, 3.8) is 0 Å². The highest BCUT2D eigenvalue weighted by Gasteiger charge is 2.19. The van der Waals surface area contributed by atoms with E-state index in [4.69, 9.17) is 0 Å². The molecule has 0 bridgehead atoms. The maximum absolute atomic E-state index is 12.0. The van der Waals surface area contributed by atoms with Crippen LogP contribution in [0.15, 0.2) is 16.3 Å². The van der Waals surface area contributed by atoms with Crippen molar-refractivity contribution < 1.29 is 13.5 Å². The van der Waals surface area contributed by atoms with Crippen molar-refractivity contribution in [2.75, 3.05) is 6.54 Å². The first-order valence-electron chi connectivity index (χ1n) is 6.17. The van der Waals surface area contributed by atoms with Crippen molar-refractivity contribution in [1.82, 2.24) is 4.72 Å². The zero-order chi connectivity index (χ0) is 13.8. The van der Waals surface area contributed by atoms with Gasteiger partial charge in [-0.05, 0) is 24.5 Å². The van der Waals surface area contributed by atoms with E-state index in [0.29, 0.717) is 4.21 Å². The fraction of sp³-hybridized carbons (Fsp3) is 0.667. The van der Waals surface area contributed by atoms with Gasteiger partial charge in [0, 0.05) is 11.4 Å². The summed E-state index contributed by atoms with van der Waals surface area (Å²) in [6, 6.07) is 3.44. The van der Waals surface area contributed by atoms with Crippen molar-refractivity contribution in [1.29, 1.82) is 0 Å². The smallest absolute Gasteiger partial charge is 0.250 e. The molecular weight excluding hydrogens is 270 g/mol. The summed E-state index contributed by atoms with van der Waals surface area (Å²) < 4.78 is 26.7. The van der Waals surface area contributed by atoms with E-state index in [2.05, 4.69) is 4.72 Å². The van der Waals surface area contributed by atoms with E-state index in [-0.39, 0.29) is 12.5 Å². The number of nitrogens with one attached hydrogen (secondary N) is 1. The average Bonchev–Trinajstić information content (AvgIpc) is 2.84. The molecule has 0 saturated carbocycles. The van der Waals surface area contributed by atoms with Gasteiger partial charge >= 0.3 is 0 Å². The molecule has 0 aliphatic rings. The summed E-state index contributed by atoms with van der Waals surface area (Å²) >= 11 is 1.27. The summed E-state index contributed by atoms with van der Waals surface area (Å²) in [4.78, 5) is 1.04. The molecule has 1 aromatic heterocycles. The van der Waals surface area contributed by atoms with Crippen LogP contribution in [0.1, 0.15) is 32.1 Å². The molecule has 1 rings (SSSR count). The summed E-state index contributed by atoms with van der Waals surface area (Å²) in [5.74, 6) is 0.0854. The van der Waals surface area contributed by atoms with Crippen molar-refractivity contribution in [3.8, 4) is 0 Å². The number of aliphatic hydroxyl groups is 1. The maximum Gasteiger partial charge on any atom is 0.250 e. The van der Waals surface area contributed by atoms with Crippen LogP contribution in [-0.4, -0.2) is 26.2 Å². The molecular formula is C12H21NO3S2. The van der Waals surface area contributed by atoms with Crippen LogP contribution < -0.4 is 4.72 Å². The Hall–Kier alpha value is -0.430. The van der Waals surface area contributed by atoms with Gasteiger partial charge in [-0.15, -0.1) is 11.3 Å². The lowest BCUT2D eigenvalue weighted by Gasteiger charge is -2.17. The summed E-state index contributed by atoms with van der Waals surface area (Å²) in [6.07, 6.45) is 1.01. The average molecular weight is 291 g/mol. The Labute approximate surface area is 113 Å². The molecule has 2 unspecified atom stereocenters. The molecule has 0 amide bonds. The Morgan fingerprint density at radius 2 is 2.06 bits per heavy atom. The molecule has 0 saturated heterocycles. The molecule has 0 aliphatic heterocycles. The van der Waals surface area contributed by atoms with Gasteiger partial charge in [-0.3, -0.25) is 0 Å². The largest absolute Gasteiger partial charge is 0.391 e. The molecule has 0 spiro atoms. The standard InChI is InChI=1S/C12H21NO3S2/c1-4-9(3)11(14)8-13-18(15,16)12-7-6-10(5-2)17-12/h6-7,9,11,13-14H,4-5,8H2,1-3H3. The second kappa shape index (κ2) is 6.65. The normalized spacial score (nSPS) is 15.6. The lowest BCUT2D eigenvalue weighted by atomic mass is 10.0. The minimum absolute atomic E-state index is 0.0662. The number of aliphatic hydroxyl groups excluding tert-OH is 1. The molecule has 0 radical (unpaired) electrons. The molecule has 0 fully saturated rings. The van der Waals surface area contributed by atoms with E-state index in [1.807, 2.05) is 26.8 Å². The molecule has 18 heavy (non-hydrogen) atoms. The monoisotopic (exact) mass is 291 g/mol. The predicted molar refractivity (Wildman–Crippen MR) is 74.3 cm³/mol. The molecule has 6 heteroatoms. The van der Waals surface area contributed by atoms with Crippen molar-refractivity contribution >= 4 is 21.4 Å². The number of rotatable bonds is 7. The highest BCUT2D eigenvalue weighted by molar-refractivity contribution is 7.91. The molecule has 104 valence electrons. The number of aryl methyl sites for hydroxylation is 1. The first-order valence-corrected chi connectivity index (χ1v) is 8.47. The molecule has 0 aliphatic carbocycles. The van der Waals surface area contributed by atoms with Crippen LogP contribution in [0.2, 0.25) is 0 Å². The van der Waals surface area contributed by atoms with Crippen molar-refractivity contribution in [2.45, 2.75) is 43.9 Å². The van der Waals surface area contributed by atoms with Gasteiger partial charge in [-0.2, -0.15) is 0 Å². The third kappa shape index (κ3) is 4.05. The quantitative estimate of drug-likeness (QED) is 0.807. The maximum atomic E-state index is 12.0. The zero-order valence-electron chi connectivity index (χ0n) is 11.0. The second-order valence-electron chi connectivity index (χ2n) is 4.38. The fourth-order valence-electron chi connectivity index (χ4n) is 1.43. The Morgan fingerprint density at radius 3 is 2.56 bits per heavy atom. The van der Waals surface area contributed by atoms with Crippen LogP contribution in [-0.2, 0) is 16.4 Å². The van der Waals surface area contributed by atoms with Gasteiger partial charge in [0.2, 0.25) is 10.0 Å². The van der Waals surface area contributed by atoms with Gasteiger partial charge in [-0.1, -0.05) is 27.2 Å². The van der Waals surface area contributed by atoms with Crippen molar-refractivity contribution in [2.24, 2.45) is 5.92 Å². The van der Waals surface area contributed by atoms with Gasteiger partial charge in [0.15, 0.2) is 0 Å². The topological polar surface area (TPSA) is 66.4 Å². The third-order valence-corrected chi connectivity index (χ3v) is 6.18. The van der Waals surface area contributed by atoms with Crippen LogP contribution in [0.5, 0.6) is 0 Å². The van der Waals surface area contributed by atoms with Crippen LogP contribution >= 0.6 is 11.3 Å². The number of sulfonamides is 1. The molecule has 1 aromatic rings.